The Kier molecular flexibility index (Phi) is 16.2. The lowest BCUT2D eigenvalue weighted by Crippen LogP contribution is -2.33. The average molecular weight is 713 g/mol. The molecule has 0 spiro atoms. The molecule has 8 heteroatoms. The Bertz CT molecular complexity index is 1760. The van der Waals surface area contributed by atoms with E-state index in [1.807, 2.05) is 30.3 Å². The van der Waals surface area contributed by atoms with Crippen molar-refractivity contribution in [1.29, 1.82) is 0 Å². The molecule has 1 aliphatic rings. The van der Waals surface area contributed by atoms with Gasteiger partial charge in [-0.2, -0.15) is 0 Å². The SMILES string of the molecule is CCCCCCCCCCCCCCCCCCOC(/C=C/c1cn([C@H]2C[C@H](O)[C@@H](CO)O2)c(=O)[nH]c1=O)c1c2ccccc2cc2ccccc12. The lowest BCUT2D eigenvalue weighted by Gasteiger charge is -2.20. The lowest BCUT2D eigenvalue weighted by molar-refractivity contribution is -0.0459. The number of benzene rings is 3. The Hall–Kier alpha value is -3.56. The molecule has 4 aromatic rings. The summed E-state index contributed by atoms with van der Waals surface area (Å²) >= 11 is 0. The van der Waals surface area contributed by atoms with E-state index < -0.39 is 35.8 Å². The summed E-state index contributed by atoms with van der Waals surface area (Å²) in [6.07, 6.45) is 23.2. The van der Waals surface area contributed by atoms with Gasteiger partial charge in [-0.15, -0.1) is 0 Å². The lowest BCUT2D eigenvalue weighted by atomic mass is 9.93. The summed E-state index contributed by atoms with van der Waals surface area (Å²) < 4.78 is 13.7. The van der Waals surface area contributed by atoms with E-state index in [0.29, 0.717) is 6.61 Å². The number of hydrogen-bond donors (Lipinski definition) is 3. The molecule has 1 aromatic heterocycles. The van der Waals surface area contributed by atoms with Crippen LogP contribution in [0.4, 0.5) is 0 Å². The van der Waals surface area contributed by atoms with E-state index in [4.69, 9.17) is 9.47 Å². The normalized spacial score (nSPS) is 18.2. The fourth-order valence-corrected chi connectivity index (χ4v) is 7.53. The Labute approximate surface area is 308 Å². The number of aliphatic hydroxyl groups is 2. The van der Waals surface area contributed by atoms with E-state index in [0.717, 1.165) is 39.9 Å². The molecular weight excluding hydrogens is 652 g/mol. The predicted molar refractivity (Wildman–Crippen MR) is 212 cm³/mol. The number of aromatic nitrogens is 2. The molecule has 3 aromatic carbocycles. The van der Waals surface area contributed by atoms with E-state index >= 15 is 0 Å². The first-order valence-corrected chi connectivity index (χ1v) is 20.0. The predicted octanol–water partition coefficient (Wildman–Crippen LogP) is 9.52. The standard InChI is InChI=1S/C44H60N2O6/c1-2-3-4-5-6-7-8-9-10-11-12-13-14-15-16-21-28-51-39(42-36-24-19-17-22-33(36)29-34-23-18-20-25-37(34)42)27-26-35-31-46(44(50)45-43(35)49)41-30-38(48)40(32-47)52-41/h17-20,22-27,29,31,38-41,47-48H,2-16,21,28,30,32H2,1H3,(H,45,49,50)/b27-26+/t38-,39?,40+,41+/m0/s1. The summed E-state index contributed by atoms with van der Waals surface area (Å²) in [5.41, 5.74) is 0.160. The van der Waals surface area contributed by atoms with Crippen molar-refractivity contribution in [3.8, 4) is 0 Å². The fraction of sp³-hybridized carbons (Fsp3) is 0.545. The van der Waals surface area contributed by atoms with Crippen LogP contribution in [0.3, 0.4) is 0 Å². The minimum absolute atomic E-state index is 0.132. The Morgan fingerprint density at radius 1 is 0.827 bits per heavy atom. The highest BCUT2D eigenvalue weighted by atomic mass is 16.5. The van der Waals surface area contributed by atoms with Crippen LogP contribution in [0.25, 0.3) is 27.6 Å². The van der Waals surface area contributed by atoms with Gasteiger partial charge in [0, 0.05) is 24.8 Å². The summed E-state index contributed by atoms with van der Waals surface area (Å²) in [5.74, 6) is 0. The topological polar surface area (TPSA) is 114 Å². The molecule has 2 heterocycles. The van der Waals surface area contributed by atoms with Crippen LogP contribution in [0.15, 0.2) is 76.5 Å². The zero-order valence-corrected chi connectivity index (χ0v) is 31.1. The van der Waals surface area contributed by atoms with Crippen LogP contribution in [0.5, 0.6) is 0 Å². The molecule has 52 heavy (non-hydrogen) atoms. The van der Waals surface area contributed by atoms with Crippen molar-refractivity contribution in [2.75, 3.05) is 13.2 Å². The Morgan fingerprint density at radius 3 is 1.90 bits per heavy atom. The van der Waals surface area contributed by atoms with Crippen molar-refractivity contribution in [3.63, 3.8) is 0 Å². The quantitative estimate of drug-likeness (QED) is 0.0522. The first-order chi connectivity index (χ1) is 25.5. The maximum Gasteiger partial charge on any atom is 0.330 e. The number of rotatable bonds is 23. The third-order valence-corrected chi connectivity index (χ3v) is 10.5. The largest absolute Gasteiger partial charge is 0.394 e. The van der Waals surface area contributed by atoms with Gasteiger partial charge in [-0.25, -0.2) is 4.79 Å². The van der Waals surface area contributed by atoms with E-state index in [1.54, 1.807) is 6.08 Å². The van der Waals surface area contributed by atoms with Crippen molar-refractivity contribution >= 4 is 27.6 Å². The molecule has 1 unspecified atom stereocenters. The van der Waals surface area contributed by atoms with Crippen LogP contribution in [0.2, 0.25) is 0 Å². The summed E-state index contributed by atoms with van der Waals surface area (Å²) in [6, 6.07) is 18.8. The summed E-state index contributed by atoms with van der Waals surface area (Å²) in [4.78, 5) is 28.1. The van der Waals surface area contributed by atoms with Crippen molar-refractivity contribution in [2.45, 2.75) is 141 Å². The number of unbranched alkanes of at least 4 members (excludes halogenated alkanes) is 15. The van der Waals surface area contributed by atoms with Gasteiger partial charge in [0.1, 0.15) is 18.4 Å². The first-order valence-electron chi connectivity index (χ1n) is 20.0. The van der Waals surface area contributed by atoms with Gasteiger partial charge in [0.05, 0.1) is 18.3 Å². The van der Waals surface area contributed by atoms with Crippen LogP contribution in [0, 0.1) is 0 Å². The number of nitrogens with zero attached hydrogens (tertiary/aromatic N) is 1. The molecule has 282 valence electrons. The van der Waals surface area contributed by atoms with Crippen LogP contribution in [0.1, 0.15) is 140 Å². The van der Waals surface area contributed by atoms with Gasteiger partial charge in [-0.3, -0.25) is 14.3 Å². The molecule has 0 radical (unpaired) electrons. The Balaban J connectivity index is 1.20. The third kappa shape index (κ3) is 11.2. The van der Waals surface area contributed by atoms with Crippen LogP contribution in [-0.2, 0) is 9.47 Å². The van der Waals surface area contributed by atoms with Crippen LogP contribution in [-0.4, -0.2) is 45.2 Å². The minimum atomic E-state index is -0.908. The van der Waals surface area contributed by atoms with Crippen molar-refractivity contribution in [3.05, 3.63) is 98.8 Å². The minimum Gasteiger partial charge on any atom is -0.394 e. The third-order valence-electron chi connectivity index (χ3n) is 10.5. The number of aliphatic hydroxyl groups excluding tert-OH is 2. The number of hydrogen-bond acceptors (Lipinski definition) is 6. The first kappa shape index (κ1) is 39.6. The van der Waals surface area contributed by atoms with Crippen LogP contribution < -0.4 is 11.2 Å². The zero-order valence-electron chi connectivity index (χ0n) is 31.1. The maximum atomic E-state index is 13.0. The maximum absolute atomic E-state index is 13.0. The van der Waals surface area contributed by atoms with E-state index in [-0.39, 0.29) is 18.6 Å². The molecule has 0 amide bonds. The highest BCUT2D eigenvalue weighted by Gasteiger charge is 2.35. The number of fused-ring (bicyclic) bond motifs is 2. The van der Waals surface area contributed by atoms with Crippen LogP contribution >= 0.6 is 0 Å². The second-order valence-corrected chi connectivity index (χ2v) is 14.6. The van der Waals surface area contributed by atoms with Crippen molar-refractivity contribution in [1.82, 2.24) is 9.55 Å². The highest BCUT2D eigenvalue weighted by molar-refractivity contribution is 6.02. The Morgan fingerprint density at radius 2 is 1.37 bits per heavy atom. The average Bonchev–Trinajstić information content (AvgIpc) is 3.53. The van der Waals surface area contributed by atoms with Gasteiger partial charge in [-0.05, 0) is 40.1 Å². The molecule has 5 rings (SSSR count). The molecule has 1 aliphatic heterocycles. The number of nitrogens with one attached hydrogen (secondary N) is 1. The number of ether oxygens (including phenoxy) is 2. The van der Waals surface area contributed by atoms with Gasteiger partial charge in [0.15, 0.2) is 0 Å². The van der Waals surface area contributed by atoms with E-state index in [9.17, 15) is 19.8 Å². The monoisotopic (exact) mass is 712 g/mol. The second kappa shape index (κ2) is 21.2. The smallest absolute Gasteiger partial charge is 0.330 e. The molecule has 1 saturated heterocycles. The van der Waals surface area contributed by atoms with Gasteiger partial charge in [0.2, 0.25) is 0 Å². The second-order valence-electron chi connectivity index (χ2n) is 14.6. The number of aromatic amines is 1. The van der Waals surface area contributed by atoms with Gasteiger partial charge in [0.25, 0.3) is 5.56 Å². The number of H-pyrrole nitrogens is 1. The summed E-state index contributed by atoms with van der Waals surface area (Å²) in [6.45, 7) is 2.49. The van der Waals surface area contributed by atoms with E-state index in [2.05, 4.69) is 42.2 Å². The molecule has 0 aliphatic carbocycles. The molecule has 1 fully saturated rings. The molecular formula is C44H60N2O6. The van der Waals surface area contributed by atoms with Gasteiger partial charge in [-0.1, -0.05) is 158 Å². The van der Waals surface area contributed by atoms with Gasteiger partial charge < -0.3 is 19.7 Å². The van der Waals surface area contributed by atoms with E-state index in [1.165, 1.54) is 101 Å². The summed E-state index contributed by atoms with van der Waals surface area (Å²) in [5, 5.41) is 24.2. The van der Waals surface area contributed by atoms with Crippen molar-refractivity contribution in [2.24, 2.45) is 0 Å². The highest BCUT2D eigenvalue weighted by Crippen LogP contribution is 2.36. The van der Waals surface area contributed by atoms with Gasteiger partial charge >= 0.3 is 5.69 Å². The zero-order chi connectivity index (χ0) is 36.5. The molecule has 0 bridgehead atoms. The molecule has 0 saturated carbocycles. The molecule has 4 atom stereocenters. The van der Waals surface area contributed by atoms with Crippen molar-refractivity contribution < 1.29 is 19.7 Å². The fourth-order valence-electron chi connectivity index (χ4n) is 7.53. The molecule has 8 nitrogen and oxygen atoms in total. The summed E-state index contributed by atoms with van der Waals surface area (Å²) in [7, 11) is 0. The molecule has 3 N–H and O–H groups in total.